The molecule has 134 valence electrons. The number of rotatable bonds is 4. The van der Waals surface area contributed by atoms with Gasteiger partial charge in [-0.05, 0) is 22.9 Å². The van der Waals surface area contributed by atoms with E-state index in [-0.39, 0.29) is 5.91 Å². The quantitative estimate of drug-likeness (QED) is 0.702. The van der Waals surface area contributed by atoms with Gasteiger partial charge in [0.2, 0.25) is 5.91 Å². The summed E-state index contributed by atoms with van der Waals surface area (Å²) >= 11 is 5.73. The molecule has 0 aliphatic carbocycles. The summed E-state index contributed by atoms with van der Waals surface area (Å²) in [6, 6.07) is 16.6. The Balaban J connectivity index is 1.33. The second-order valence-corrected chi connectivity index (χ2v) is 6.90. The molecule has 1 saturated heterocycles. The third kappa shape index (κ3) is 3.68. The van der Waals surface area contributed by atoms with E-state index in [0.717, 1.165) is 26.2 Å². The third-order valence-electron chi connectivity index (χ3n) is 4.85. The number of halogens is 1. The molecule has 26 heavy (non-hydrogen) atoms. The Morgan fingerprint density at radius 3 is 2.54 bits per heavy atom. The van der Waals surface area contributed by atoms with Crippen LogP contribution in [0.3, 0.4) is 0 Å². The number of amides is 1. The van der Waals surface area contributed by atoms with Crippen LogP contribution in [-0.2, 0) is 11.2 Å². The van der Waals surface area contributed by atoms with Gasteiger partial charge in [-0.2, -0.15) is 0 Å². The van der Waals surface area contributed by atoms with Crippen molar-refractivity contribution in [3.8, 4) is 0 Å². The van der Waals surface area contributed by atoms with Crippen LogP contribution in [0.15, 0.2) is 53.1 Å². The molecule has 6 heteroatoms. The molecule has 0 saturated carbocycles. The molecule has 5 nitrogen and oxygen atoms in total. The molecule has 4 rings (SSSR count). The van der Waals surface area contributed by atoms with Crippen LogP contribution >= 0.6 is 11.6 Å². The lowest BCUT2D eigenvalue weighted by molar-refractivity contribution is -0.131. The number of nitrogens with zero attached hydrogens (tertiary/aromatic N) is 3. The van der Waals surface area contributed by atoms with Gasteiger partial charge < -0.3 is 14.3 Å². The number of anilines is 1. The highest BCUT2D eigenvalue weighted by Crippen LogP contribution is 2.23. The zero-order valence-corrected chi connectivity index (χ0v) is 15.2. The van der Waals surface area contributed by atoms with E-state index in [2.05, 4.69) is 52.5 Å². The van der Waals surface area contributed by atoms with Gasteiger partial charge in [0.15, 0.2) is 5.15 Å². The maximum Gasteiger partial charge on any atom is 0.223 e. The van der Waals surface area contributed by atoms with Crippen LogP contribution in [0.5, 0.6) is 0 Å². The second-order valence-electron chi connectivity index (χ2n) is 6.52. The molecule has 1 amide bonds. The Kier molecular flexibility index (Phi) is 4.80. The Hall–Kier alpha value is -2.53. The highest BCUT2D eigenvalue weighted by Gasteiger charge is 2.21. The highest BCUT2D eigenvalue weighted by molar-refractivity contribution is 6.29. The number of fused-ring (bicyclic) bond motifs is 1. The zero-order chi connectivity index (χ0) is 17.9. The lowest BCUT2D eigenvalue weighted by Crippen LogP contribution is -2.48. The SMILES string of the molecule is O=C(CCc1cc(Cl)no1)N1CCN(c2ccc3ccccc3c2)CC1. The zero-order valence-electron chi connectivity index (χ0n) is 14.4. The van der Waals surface area contributed by atoms with Crippen molar-refractivity contribution in [2.45, 2.75) is 12.8 Å². The van der Waals surface area contributed by atoms with Crippen LogP contribution in [0.1, 0.15) is 12.2 Å². The van der Waals surface area contributed by atoms with E-state index in [0.29, 0.717) is 23.8 Å². The maximum absolute atomic E-state index is 12.4. The summed E-state index contributed by atoms with van der Waals surface area (Å²) < 4.78 is 5.05. The monoisotopic (exact) mass is 369 g/mol. The number of aromatic nitrogens is 1. The van der Waals surface area contributed by atoms with Crippen LogP contribution in [0.4, 0.5) is 5.69 Å². The minimum absolute atomic E-state index is 0.149. The minimum Gasteiger partial charge on any atom is -0.368 e. The van der Waals surface area contributed by atoms with E-state index in [1.165, 1.54) is 16.5 Å². The smallest absolute Gasteiger partial charge is 0.223 e. The topological polar surface area (TPSA) is 49.6 Å². The van der Waals surface area contributed by atoms with Crippen molar-refractivity contribution in [2.75, 3.05) is 31.1 Å². The average Bonchev–Trinajstić information content (AvgIpc) is 3.11. The summed E-state index contributed by atoms with van der Waals surface area (Å²) in [5, 5.41) is 6.45. The molecular formula is C20H20ClN3O2. The minimum atomic E-state index is 0.149. The van der Waals surface area contributed by atoms with Crippen LogP contribution in [0.25, 0.3) is 10.8 Å². The Bertz CT molecular complexity index is 916. The summed E-state index contributed by atoms with van der Waals surface area (Å²) in [4.78, 5) is 16.7. The molecule has 0 N–H and O–H groups in total. The van der Waals surface area contributed by atoms with Gasteiger partial charge in [-0.3, -0.25) is 4.79 Å². The first-order valence-corrected chi connectivity index (χ1v) is 9.19. The summed E-state index contributed by atoms with van der Waals surface area (Å²) in [7, 11) is 0. The predicted molar refractivity (Wildman–Crippen MR) is 103 cm³/mol. The Morgan fingerprint density at radius 1 is 1.04 bits per heavy atom. The largest absolute Gasteiger partial charge is 0.368 e. The standard InChI is InChI=1S/C20H20ClN3O2/c21-19-14-18(26-22-19)7-8-20(25)24-11-9-23(10-12-24)17-6-5-15-3-1-2-4-16(15)13-17/h1-6,13-14H,7-12H2. The van der Waals surface area contributed by atoms with E-state index in [4.69, 9.17) is 16.1 Å². The molecule has 2 heterocycles. The molecule has 1 aliphatic heterocycles. The number of hydrogen-bond acceptors (Lipinski definition) is 4. The Labute approximate surface area is 157 Å². The second kappa shape index (κ2) is 7.38. The number of carbonyl (C=O) groups is 1. The number of aryl methyl sites for hydroxylation is 1. The van der Waals surface area contributed by atoms with E-state index in [1.807, 2.05) is 4.90 Å². The van der Waals surface area contributed by atoms with Crippen molar-refractivity contribution in [1.82, 2.24) is 10.1 Å². The normalized spacial score (nSPS) is 14.8. The summed E-state index contributed by atoms with van der Waals surface area (Å²) in [5.74, 6) is 0.800. The summed E-state index contributed by atoms with van der Waals surface area (Å²) in [5.41, 5.74) is 1.21. The van der Waals surface area contributed by atoms with Crippen LogP contribution in [0, 0.1) is 0 Å². The van der Waals surface area contributed by atoms with Crippen molar-refractivity contribution in [3.05, 3.63) is 59.4 Å². The number of benzene rings is 2. The van der Waals surface area contributed by atoms with Crippen LogP contribution in [-0.4, -0.2) is 42.1 Å². The van der Waals surface area contributed by atoms with Crippen molar-refractivity contribution >= 4 is 34.0 Å². The van der Waals surface area contributed by atoms with E-state index < -0.39 is 0 Å². The van der Waals surface area contributed by atoms with Crippen molar-refractivity contribution in [1.29, 1.82) is 0 Å². The number of piperazine rings is 1. The lowest BCUT2D eigenvalue weighted by Gasteiger charge is -2.36. The predicted octanol–water partition coefficient (Wildman–Crippen LogP) is 3.76. The highest BCUT2D eigenvalue weighted by atomic mass is 35.5. The maximum atomic E-state index is 12.4. The molecule has 0 radical (unpaired) electrons. The fraction of sp³-hybridized carbons (Fsp3) is 0.300. The van der Waals surface area contributed by atoms with Gasteiger partial charge in [0.25, 0.3) is 0 Å². The van der Waals surface area contributed by atoms with Gasteiger partial charge in [-0.15, -0.1) is 0 Å². The fourth-order valence-corrected chi connectivity index (χ4v) is 3.54. The Morgan fingerprint density at radius 2 is 1.81 bits per heavy atom. The molecule has 0 unspecified atom stereocenters. The molecule has 0 spiro atoms. The van der Waals surface area contributed by atoms with Gasteiger partial charge in [0, 0.05) is 50.8 Å². The lowest BCUT2D eigenvalue weighted by atomic mass is 10.1. The third-order valence-corrected chi connectivity index (χ3v) is 5.02. The molecule has 1 aliphatic rings. The van der Waals surface area contributed by atoms with E-state index in [9.17, 15) is 4.79 Å². The molecular weight excluding hydrogens is 350 g/mol. The molecule has 1 fully saturated rings. The fourth-order valence-electron chi connectivity index (χ4n) is 3.38. The van der Waals surface area contributed by atoms with Gasteiger partial charge in [0.05, 0.1) is 0 Å². The van der Waals surface area contributed by atoms with Crippen LogP contribution < -0.4 is 4.90 Å². The molecule has 2 aromatic carbocycles. The van der Waals surface area contributed by atoms with E-state index >= 15 is 0 Å². The van der Waals surface area contributed by atoms with E-state index in [1.54, 1.807) is 6.07 Å². The molecule has 3 aromatic rings. The number of hydrogen-bond donors (Lipinski definition) is 0. The van der Waals surface area contributed by atoms with Crippen molar-refractivity contribution < 1.29 is 9.32 Å². The first-order chi connectivity index (χ1) is 12.7. The molecule has 0 bridgehead atoms. The summed E-state index contributed by atoms with van der Waals surface area (Å²) in [6.07, 6.45) is 0.949. The summed E-state index contributed by atoms with van der Waals surface area (Å²) in [6.45, 7) is 3.17. The average molecular weight is 370 g/mol. The van der Waals surface area contributed by atoms with Gasteiger partial charge in [-0.1, -0.05) is 47.1 Å². The molecule has 1 aromatic heterocycles. The van der Waals surface area contributed by atoms with Crippen molar-refractivity contribution in [3.63, 3.8) is 0 Å². The van der Waals surface area contributed by atoms with Gasteiger partial charge in [-0.25, -0.2) is 0 Å². The molecule has 0 atom stereocenters. The number of carbonyl (C=O) groups excluding carboxylic acids is 1. The van der Waals surface area contributed by atoms with Crippen molar-refractivity contribution in [2.24, 2.45) is 0 Å². The van der Waals surface area contributed by atoms with Gasteiger partial charge in [0.1, 0.15) is 5.76 Å². The first-order valence-electron chi connectivity index (χ1n) is 8.82. The van der Waals surface area contributed by atoms with Crippen LogP contribution in [0.2, 0.25) is 5.15 Å². The first kappa shape index (κ1) is 16.9. The van der Waals surface area contributed by atoms with Gasteiger partial charge >= 0.3 is 0 Å².